The molecule has 0 radical (unpaired) electrons. The standard InChI is InChI=1S/C10H15ClN2O3/c1-14-5-6-15-3-2-4-16-10-7-9(11)12-8-13-10/h7-8H,2-6H2,1H3. The van der Waals surface area contributed by atoms with E-state index in [2.05, 4.69) is 9.97 Å². The van der Waals surface area contributed by atoms with Gasteiger partial charge in [0.05, 0.1) is 19.8 Å². The van der Waals surface area contributed by atoms with Crippen LogP contribution in [-0.2, 0) is 9.47 Å². The fraction of sp³-hybridized carbons (Fsp3) is 0.600. The van der Waals surface area contributed by atoms with Crippen LogP contribution in [0.2, 0.25) is 5.15 Å². The van der Waals surface area contributed by atoms with Crippen LogP contribution >= 0.6 is 11.6 Å². The van der Waals surface area contributed by atoms with Gasteiger partial charge < -0.3 is 14.2 Å². The molecule has 0 aliphatic rings. The highest BCUT2D eigenvalue weighted by Crippen LogP contribution is 2.10. The van der Waals surface area contributed by atoms with Crippen molar-refractivity contribution in [2.24, 2.45) is 0 Å². The quantitative estimate of drug-likeness (QED) is 0.515. The first-order chi connectivity index (χ1) is 7.83. The Morgan fingerprint density at radius 1 is 1.19 bits per heavy atom. The summed E-state index contributed by atoms with van der Waals surface area (Å²) in [5.74, 6) is 0.483. The highest BCUT2D eigenvalue weighted by Gasteiger charge is 1.97. The number of ether oxygens (including phenoxy) is 3. The van der Waals surface area contributed by atoms with Crippen molar-refractivity contribution in [1.29, 1.82) is 0 Å². The van der Waals surface area contributed by atoms with Crippen LogP contribution < -0.4 is 4.74 Å². The molecule has 0 bridgehead atoms. The average molecular weight is 247 g/mol. The van der Waals surface area contributed by atoms with E-state index in [1.54, 1.807) is 13.2 Å². The molecule has 0 amide bonds. The molecule has 1 aromatic rings. The number of rotatable bonds is 8. The molecule has 0 atom stereocenters. The predicted molar refractivity (Wildman–Crippen MR) is 59.8 cm³/mol. The molecule has 0 spiro atoms. The van der Waals surface area contributed by atoms with Crippen molar-refractivity contribution in [2.45, 2.75) is 6.42 Å². The lowest BCUT2D eigenvalue weighted by atomic mass is 10.5. The van der Waals surface area contributed by atoms with Crippen LogP contribution in [0.15, 0.2) is 12.4 Å². The second kappa shape index (κ2) is 8.27. The second-order valence-electron chi connectivity index (χ2n) is 2.99. The van der Waals surface area contributed by atoms with E-state index in [4.69, 9.17) is 25.8 Å². The minimum Gasteiger partial charge on any atom is -0.477 e. The molecule has 16 heavy (non-hydrogen) atoms. The maximum Gasteiger partial charge on any atom is 0.217 e. The van der Waals surface area contributed by atoms with Gasteiger partial charge in [-0.25, -0.2) is 9.97 Å². The Labute approximate surface area is 99.7 Å². The van der Waals surface area contributed by atoms with Crippen LogP contribution in [0.25, 0.3) is 0 Å². The summed E-state index contributed by atoms with van der Waals surface area (Å²) in [7, 11) is 1.64. The molecule has 0 N–H and O–H groups in total. The van der Waals surface area contributed by atoms with Crippen molar-refractivity contribution >= 4 is 11.6 Å². The van der Waals surface area contributed by atoms with Crippen molar-refractivity contribution in [1.82, 2.24) is 9.97 Å². The third-order valence-corrected chi connectivity index (χ3v) is 1.93. The first kappa shape index (κ1) is 13.2. The molecule has 1 heterocycles. The van der Waals surface area contributed by atoms with Gasteiger partial charge in [-0.1, -0.05) is 11.6 Å². The zero-order valence-corrected chi connectivity index (χ0v) is 9.94. The maximum absolute atomic E-state index is 5.67. The van der Waals surface area contributed by atoms with Gasteiger partial charge in [-0.3, -0.25) is 0 Å². The van der Waals surface area contributed by atoms with E-state index in [1.807, 2.05) is 0 Å². The minimum atomic E-state index is 0.376. The van der Waals surface area contributed by atoms with Gasteiger partial charge in [0.15, 0.2) is 0 Å². The third-order valence-electron chi connectivity index (χ3n) is 1.72. The minimum absolute atomic E-state index is 0.376. The fourth-order valence-electron chi connectivity index (χ4n) is 0.978. The van der Waals surface area contributed by atoms with E-state index in [-0.39, 0.29) is 0 Å². The maximum atomic E-state index is 5.67. The second-order valence-corrected chi connectivity index (χ2v) is 3.37. The van der Waals surface area contributed by atoms with Crippen molar-refractivity contribution in [3.63, 3.8) is 0 Å². The van der Waals surface area contributed by atoms with Crippen molar-refractivity contribution in [2.75, 3.05) is 33.5 Å². The van der Waals surface area contributed by atoms with Gasteiger partial charge in [-0.2, -0.15) is 0 Å². The smallest absolute Gasteiger partial charge is 0.217 e. The summed E-state index contributed by atoms with van der Waals surface area (Å²) in [6.45, 7) is 2.40. The summed E-state index contributed by atoms with van der Waals surface area (Å²) in [5, 5.41) is 0.376. The molecule has 6 heteroatoms. The van der Waals surface area contributed by atoms with E-state index in [9.17, 15) is 0 Å². The summed E-state index contributed by atoms with van der Waals surface area (Å²) in [4.78, 5) is 7.66. The Hall–Kier alpha value is -0.910. The first-order valence-corrected chi connectivity index (χ1v) is 5.37. The van der Waals surface area contributed by atoms with Crippen LogP contribution in [-0.4, -0.2) is 43.5 Å². The van der Waals surface area contributed by atoms with Crippen LogP contribution in [0.1, 0.15) is 6.42 Å². The van der Waals surface area contributed by atoms with E-state index < -0.39 is 0 Å². The van der Waals surface area contributed by atoms with E-state index in [0.29, 0.717) is 37.5 Å². The number of nitrogens with zero attached hydrogens (tertiary/aromatic N) is 2. The zero-order valence-electron chi connectivity index (χ0n) is 9.19. The Morgan fingerprint density at radius 2 is 2.06 bits per heavy atom. The molecule has 0 saturated heterocycles. The molecule has 0 fully saturated rings. The van der Waals surface area contributed by atoms with Gasteiger partial charge in [-0.15, -0.1) is 0 Å². The Balaban J connectivity index is 2.03. The fourth-order valence-corrected chi connectivity index (χ4v) is 1.12. The molecule has 1 aromatic heterocycles. The topological polar surface area (TPSA) is 53.5 Å². The Kier molecular flexibility index (Phi) is 6.80. The number of hydrogen-bond acceptors (Lipinski definition) is 5. The molecule has 0 unspecified atom stereocenters. The van der Waals surface area contributed by atoms with Crippen LogP contribution in [0.4, 0.5) is 0 Å². The van der Waals surface area contributed by atoms with Gasteiger partial charge in [0.2, 0.25) is 5.88 Å². The van der Waals surface area contributed by atoms with E-state index in [0.717, 1.165) is 6.42 Å². The van der Waals surface area contributed by atoms with Crippen molar-refractivity contribution in [3.8, 4) is 5.88 Å². The molecule has 0 aliphatic carbocycles. The molecule has 5 nitrogen and oxygen atoms in total. The molecule has 1 rings (SSSR count). The van der Waals surface area contributed by atoms with Crippen LogP contribution in [0.5, 0.6) is 5.88 Å². The number of aromatic nitrogens is 2. The summed E-state index contributed by atoms with van der Waals surface area (Å²) in [5.41, 5.74) is 0. The first-order valence-electron chi connectivity index (χ1n) is 5.00. The Bertz CT molecular complexity index is 299. The molecule has 90 valence electrons. The Morgan fingerprint density at radius 3 is 2.81 bits per heavy atom. The van der Waals surface area contributed by atoms with Crippen LogP contribution in [0, 0.1) is 0 Å². The lowest BCUT2D eigenvalue weighted by Crippen LogP contribution is -2.07. The van der Waals surface area contributed by atoms with Gasteiger partial charge in [0, 0.05) is 26.2 Å². The van der Waals surface area contributed by atoms with Gasteiger partial charge in [0.1, 0.15) is 11.5 Å². The number of methoxy groups -OCH3 is 1. The number of hydrogen-bond donors (Lipinski definition) is 0. The largest absolute Gasteiger partial charge is 0.477 e. The van der Waals surface area contributed by atoms with Crippen molar-refractivity contribution < 1.29 is 14.2 Å². The van der Waals surface area contributed by atoms with Gasteiger partial charge >= 0.3 is 0 Å². The lowest BCUT2D eigenvalue weighted by Gasteiger charge is -2.05. The summed E-state index contributed by atoms with van der Waals surface area (Å²) < 4.78 is 15.5. The lowest BCUT2D eigenvalue weighted by molar-refractivity contribution is 0.0642. The average Bonchev–Trinajstić information content (AvgIpc) is 2.28. The highest BCUT2D eigenvalue weighted by atomic mass is 35.5. The summed E-state index contributed by atoms with van der Waals surface area (Å²) in [6.07, 6.45) is 2.16. The van der Waals surface area contributed by atoms with E-state index in [1.165, 1.54) is 6.33 Å². The van der Waals surface area contributed by atoms with Gasteiger partial charge in [0.25, 0.3) is 0 Å². The SMILES string of the molecule is COCCOCCCOc1cc(Cl)ncn1. The molecule has 0 aliphatic heterocycles. The molecule has 0 saturated carbocycles. The highest BCUT2D eigenvalue weighted by molar-refractivity contribution is 6.29. The predicted octanol–water partition coefficient (Wildman–Crippen LogP) is 1.56. The zero-order chi connectivity index (χ0) is 11.6. The number of halogens is 1. The van der Waals surface area contributed by atoms with Gasteiger partial charge in [-0.05, 0) is 0 Å². The van der Waals surface area contributed by atoms with Crippen LogP contribution in [0.3, 0.4) is 0 Å². The van der Waals surface area contributed by atoms with Crippen molar-refractivity contribution in [3.05, 3.63) is 17.5 Å². The third kappa shape index (κ3) is 5.85. The molecule has 0 aromatic carbocycles. The summed E-state index contributed by atoms with van der Waals surface area (Å²) >= 11 is 5.67. The summed E-state index contributed by atoms with van der Waals surface area (Å²) in [6, 6.07) is 1.58. The molecular weight excluding hydrogens is 232 g/mol. The normalized spacial score (nSPS) is 10.4. The van der Waals surface area contributed by atoms with E-state index >= 15 is 0 Å². The molecular formula is C10H15ClN2O3. The monoisotopic (exact) mass is 246 g/mol.